The van der Waals surface area contributed by atoms with E-state index in [1.54, 1.807) is 31.2 Å². The molecule has 2 amide bonds. The number of amides is 2. The van der Waals surface area contributed by atoms with Crippen LogP contribution >= 0.6 is 0 Å². The zero-order chi connectivity index (χ0) is 28.0. The number of aryl methyl sites for hydroxylation is 1. The summed E-state index contributed by atoms with van der Waals surface area (Å²) in [5, 5.41) is 2.53. The van der Waals surface area contributed by atoms with Gasteiger partial charge in [-0.05, 0) is 67.3 Å². The Morgan fingerprint density at radius 1 is 0.895 bits per heavy atom. The first kappa shape index (κ1) is 28.8. The van der Waals surface area contributed by atoms with Crippen LogP contribution in [-0.4, -0.2) is 44.8 Å². The molecule has 0 spiro atoms. The summed E-state index contributed by atoms with van der Waals surface area (Å²) in [6.45, 7) is 6.96. The van der Waals surface area contributed by atoms with Crippen molar-refractivity contribution in [3.63, 3.8) is 0 Å². The largest absolute Gasteiger partial charge is 0.357 e. The van der Waals surface area contributed by atoms with Gasteiger partial charge >= 0.3 is 0 Å². The Morgan fingerprint density at radius 2 is 1.47 bits per heavy atom. The Labute approximate surface area is 224 Å². The minimum absolute atomic E-state index is 0.00158. The van der Waals surface area contributed by atoms with E-state index in [9.17, 15) is 22.4 Å². The van der Waals surface area contributed by atoms with Gasteiger partial charge in [0.1, 0.15) is 18.4 Å². The second kappa shape index (κ2) is 12.2. The van der Waals surface area contributed by atoms with Crippen molar-refractivity contribution in [3.05, 3.63) is 95.3 Å². The van der Waals surface area contributed by atoms with Crippen molar-refractivity contribution in [2.24, 2.45) is 0 Å². The quantitative estimate of drug-likeness (QED) is 0.408. The molecule has 1 atom stereocenters. The highest BCUT2D eigenvalue weighted by atomic mass is 32.2. The van der Waals surface area contributed by atoms with Crippen molar-refractivity contribution >= 4 is 27.5 Å². The lowest BCUT2D eigenvalue weighted by molar-refractivity contribution is -0.139. The van der Waals surface area contributed by atoms with Gasteiger partial charge in [-0.25, -0.2) is 12.8 Å². The predicted octanol–water partition coefficient (Wildman–Crippen LogP) is 4.62. The third-order valence-corrected chi connectivity index (χ3v) is 8.20. The summed E-state index contributed by atoms with van der Waals surface area (Å²) >= 11 is 0. The highest BCUT2D eigenvalue weighted by Crippen LogP contribution is 2.27. The molecule has 7 nitrogen and oxygen atoms in total. The monoisotopic (exact) mass is 539 g/mol. The molecule has 0 saturated heterocycles. The third-order valence-electron chi connectivity index (χ3n) is 6.42. The Hall–Kier alpha value is -3.72. The molecule has 0 aliphatic rings. The Morgan fingerprint density at radius 3 is 2.00 bits per heavy atom. The maximum Gasteiger partial charge on any atom is 0.264 e. The summed E-state index contributed by atoms with van der Waals surface area (Å²) in [5.74, 6) is -1.16. The van der Waals surface area contributed by atoms with Gasteiger partial charge in [0, 0.05) is 13.6 Å². The topological polar surface area (TPSA) is 86.8 Å². The molecule has 3 aromatic carbocycles. The van der Waals surface area contributed by atoms with E-state index in [0.29, 0.717) is 11.3 Å². The average Bonchev–Trinajstić information content (AvgIpc) is 2.90. The number of carbonyl (C=O) groups excluding carboxylic acids is 2. The number of likely N-dealkylation sites (N-methyl/N-ethyl adjacent to an activating group) is 1. The lowest BCUT2D eigenvalue weighted by Crippen LogP contribution is -2.50. The Balaban J connectivity index is 2.03. The normalized spacial score (nSPS) is 12.2. The van der Waals surface area contributed by atoms with Gasteiger partial charge in [0.25, 0.3) is 10.0 Å². The Bertz CT molecular complexity index is 1360. The van der Waals surface area contributed by atoms with Crippen molar-refractivity contribution in [3.8, 4) is 0 Å². The van der Waals surface area contributed by atoms with Crippen LogP contribution in [-0.2, 0) is 26.2 Å². The first-order valence-corrected chi connectivity index (χ1v) is 13.8. The highest BCUT2D eigenvalue weighted by molar-refractivity contribution is 7.92. The van der Waals surface area contributed by atoms with Gasteiger partial charge in [0.15, 0.2) is 0 Å². The smallest absolute Gasteiger partial charge is 0.264 e. The van der Waals surface area contributed by atoms with Crippen LogP contribution < -0.4 is 9.62 Å². The van der Waals surface area contributed by atoms with E-state index < -0.39 is 40.2 Å². The number of sulfonamides is 1. The van der Waals surface area contributed by atoms with Gasteiger partial charge < -0.3 is 10.2 Å². The molecule has 0 heterocycles. The van der Waals surface area contributed by atoms with Crippen LogP contribution in [0.25, 0.3) is 0 Å². The molecule has 0 bridgehead atoms. The number of anilines is 1. The van der Waals surface area contributed by atoms with Crippen LogP contribution in [0.2, 0.25) is 0 Å². The molecule has 9 heteroatoms. The predicted molar refractivity (Wildman–Crippen MR) is 147 cm³/mol. The maximum atomic E-state index is 13.8. The van der Waals surface area contributed by atoms with Crippen LogP contribution in [0, 0.1) is 12.7 Å². The number of hydrogen-bond donors (Lipinski definition) is 1. The minimum Gasteiger partial charge on any atom is -0.357 e. The highest BCUT2D eigenvalue weighted by Gasteiger charge is 2.32. The number of nitrogens with zero attached hydrogens (tertiary/aromatic N) is 2. The molecule has 0 aromatic heterocycles. The number of halogens is 1. The van der Waals surface area contributed by atoms with E-state index in [1.807, 2.05) is 32.9 Å². The van der Waals surface area contributed by atoms with E-state index in [0.717, 1.165) is 15.4 Å². The molecule has 0 fully saturated rings. The molecule has 0 aliphatic carbocycles. The number of nitrogens with one attached hydrogen (secondary N) is 1. The second-order valence-corrected chi connectivity index (χ2v) is 11.4. The lowest BCUT2D eigenvalue weighted by Gasteiger charge is -2.32. The fraction of sp³-hybridized carbons (Fsp3) is 0.310. The van der Waals surface area contributed by atoms with Crippen LogP contribution in [0.1, 0.15) is 43.4 Å². The van der Waals surface area contributed by atoms with E-state index >= 15 is 0 Å². The van der Waals surface area contributed by atoms with Gasteiger partial charge in [-0.2, -0.15) is 0 Å². The molecular formula is C29H34FN3O4S. The van der Waals surface area contributed by atoms with Crippen LogP contribution in [0.4, 0.5) is 10.1 Å². The van der Waals surface area contributed by atoms with Crippen molar-refractivity contribution in [1.82, 2.24) is 10.2 Å². The maximum absolute atomic E-state index is 13.8. The molecule has 202 valence electrons. The molecule has 0 saturated carbocycles. The fourth-order valence-corrected chi connectivity index (χ4v) is 5.38. The van der Waals surface area contributed by atoms with Gasteiger partial charge in [0.05, 0.1) is 10.6 Å². The zero-order valence-electron chi connectivity index (χ0n) is 22.3. The van der Waals surface area contributed by atoms with Gasteiger partial charge in [-0.3, -0.25) is 13.9 Å². The number of benzene rings is 3. The van der Waals surface area contributed by atoms with E-state index in [-0.39, 0.29) is 17.4 Å². The Kier molecular flexibility index (Phi) is 9.27. The molecule has 0 radical (unpaired) electrons. The van der Waals surface area contributed by atoms with Crippen molar-refractivity contribution in [2.75, 3.05) is 17.9 Å². The van der Waals surface area contributed by atoms with Crippen LogP contribution in [0.15, 0.2) is 77.7 Å². The summed E-state index contributed by atoms with van der Waals surface area (Å²) in [5.41, 5.74) is 2.86. The third kappa shape index (κ3) is 6.77. The molecule has 3 rings (SSSR count). The van der Waals surface area contributed by atoms with E-state index in [2.05, 4.69) is 5.32 Å². The van der Waals surface area contributed by atoms with Crippen LogP contribution in [0.3, 0.4) is 0 Å². The fourth-order valence-electron chi connectivity index (χ4n) is 3.97. The van der Waals surface area contributed by atoms with E-state index in [4.69, 9.17) is 0 Å². The number of rotatable bonds is 10. The summed E-state index contributed by atoms with van der Waals surface area (Å²) in [6.07, 6.45) is 0. The number of carbonyl (C=O) groups is 2. The summed E-state index contributed by atoms with van der Waals surface area (Å²) in [4.78, 5) is 27.6. The van der Waals surface area contributed by atoms with E-state index in [1.165, 1.54) is 48.3 Å². The summed E-state index contributed by atoms with van der Waals surface area (Å²) < 4.78 is 42.2. The SMILES string of the molecule is CNC(=O)[C@H](C)N(Cc1ccc(F)cc1)C(=O)CN(c1ccc(C(C)C)cc1)S(=O)(=O)c1ccc(C)cc1. The second-order valence-electron chi connectivity index (χ2n) is 9.51. The molecule has 38 heavy (non-hydrogen) atoms. The first-order valence-electron chi connectivity index (χ1n) is 12.4. The van der Waals surface area contributed by atoms with Crippen molar-refractivity contribution in [2.45, 2.75) is 51.1 Å². The minimum atomic E-state index is -4.13. The van der Waals surface area contributed by atoms with Crippen molar-refractivity contribution in [1.29, 1.82) is 0 Å². The molecule has 0 unspecified atom stereocenters. The zero-order valence-corrected chi connectivity index (χ0v) is 23.1. The van der Waals surface area contributed by atoms with Gasteiger partial charge in [-0.15, -0.1) is 0 Å². The summed E-state index contributed by atoms with van der Waals surface area (Å²) in [7, 11) is -2.66. The van der Waals surface area contributed by atoms with Gasteiger partial charge in [-0.1, -0.05) is 55.8 Å². The lowest BCUT2D eigenvalue weighted by atomic mass is 10.0. The first-order chi connectivity index (χ1) is 17.9. The molecule has 1 N–H and O–H groups in total. The van der Waals surface area contributed by atoms with Crippen molar-refractivity contribution < 1.29 is 22.4 Å². The molecule has 3 aromatic rings. The molecule has 0 aliphatic heterocycles. The summed E-state index contributed by atoms with van der Waals surface area (Å²) in [6, 6.07) is 18.1. The molecular weight excluding hydrogens is 505 g/mol. The number of hydrogen-bond acceptors (Lipinski definition) is 4. The standard InChI is InChI=1S/C29H34FN3O4S/c1-20(2)24-10-14-26(15-11-24)33(38(36,37)27-16-6-21(3)7-17-27)19-28(34)32(22(4)29(35)31-5)18-23-8-12-25(30)13-9-23/h6-17,20,22H,18-19H2,1-5H3,(H,31,35)/t22-/m0/s1. The van der Waals surface area contributed by atoms with Crippen LogP contribution in [0.5, 0.6) is 0 Å². The van der Waals surface area contributed by atoms with Gasteiger partial charge in [0.2, 0.25) is 11.8 Å². The average molecular weight is 540 g/mol.